The molecule has 8 heteroatoms. The first-order valence-corrected chi connectivity index (χ1v) is 10.2. The second-order valence-electron chi connectivity index (χ2n) is 7.51. The topological polar surface area (TPSA) is 77.7 Å². The summed E-state index contributed by atoms with van der Waals surface area (Å²) in [5.74, 6) is 1.71. The third-order valence-corrected chi connectivity index (χ3v) is 5.46. The van der Waals surface area contributed by atoms with Crippen molar-refractivity contribution < 1.29 is 23.2 Å². The minimum absolute atomic E-state index is 0.0193. The van der Waals surface area contributed by atoms with Gasteiger partial charge in [0, 0.05) is 24.6 Å². The molecule has 1 aromatic heterocycles. The molecule has 4 rings (SSSR count). The molecule has 2 heterocycles. The summed E-state index contributed by atoms with van der Waals surface area (Å²) < 4.78 is 29.4. The molecular weight excluding hydrogens is 401 g/mol. The van der Waals surface area contributed by atoms with E-state index >= 15 is 0 Å². The number of likely N-dealkylation sites (tertiary alicyclic amines) is 1. The minimum Gasteiger partial charge on any atom is -0.493 e. The zero-order valence-corrected chi connectivity index (χ0v) is 17.5. The summed E-state index contributed by atoms with van der Waals surface area (Å²) in [6.45, 7) is 1.21. The van der Waals surface area contributed by atoms with Crippen LogP contribution in [0.1, 0.15) is 30.1 Å². The quantitative estimate of drug-likeness (QED) is 0.597. The number of rotatable bonds is 6. The lowest BCUT2D eigenvalue weighted by molar-refractivity contribution is -0.131. The molecule has 0 saturated carbocycles. The van der Waals surface area contributed by atoms with Gasteiger partial charge in [-0.15, -0.1) is 0 Å². The fourth-order valence-corrected chi connectivity index (χ4v) is 3.83. The third-order valence-electron chi connectivity index (χ3n) is 5.46. The number of methoxy groups -OCH3 is 2. The molecule has 162 valence electrons. The lowest BCUT2D eigenvalue weighted by Gasteiger charge is -2.31. The van der Waals surface area contributed by atoms with Gasteiger partial charge in [-0.3, -0.25) is 4.79 Å². The average Bonchev–Trinajstić information content (AvgIpc) is 3.29. The number of halogens is 1. The summed E-state index contributed by atoms with van der Waals surface area (Å²) in [6.07, 6.45) is 1.99. The third kappa shape index (κ3) is 4.68. The highest BCUT2D eigenvalue weighted by Crippen LogP contribution is 2.30. The summed E-state index contributed by atoms with van der Waals surface area (Å²) in [5, 5.41) is 4.09. The Labute approximate surface area is 179 Å². The summed E-state index contributed by atoms with van der Waals surface area (Å²) in [7, 11) is 3.15. The van der Waals surface area contributed by atoms with Crippen LogP contribution in [0.15, 0.2) is 47.0 Å². The second kappa shape index (κ2) is 9.16. The summed E-state index contributed by atoms with van der Waals surface area (Å²) in [5.41, 5.74) is 1.40. The largest absolute Gasteiger partial charge is 0.493 e. The zero-order chi connectivity index (χ0) is 21.8. The van der Waals surface area contributed by atoms with Crippen LogP contribution in [0, 0.1) is 5.82 Å². The van der Waals surface area contributed by atoms with Crippen LogP contribution in [0.25, 0.3) is 11.5 Å². The van der Waals surface area contributed by atoms with E-state index in [-0.39, 0.29) is 30.0 Å². The van der Waals surface area contributed by atoms with Crippen LogP contribution in [-0.4, -0.2) is 48.3 Å². The van der Waals surface area contributed by atoms with Gasteiger partial charge in [0.1, 0.15) is 5.82 Å². The molecule has 0 unspecified atom stereocenters. The fraction of sp³-hybridized carbons (Fsp3) is 0.348. The van der Waals surface area contributed by atoms with Gasteiger partial charge in [0.15, 0.2) is 17.3 Å². The molecule has 0 aliphatic carbocycles. The van der Waals surface area contributed by atoms with Crippen LogP contribution in [0.4, 0.5) is 4.39 Å². The number of aromatic nitrogens is 2. The predicted molar refractivity (Wildman–Crippen MR) is 111 cm³/mol. The number of benzene rings is 2. The number of hydrogen-bond acceptors (Lipinski definition) is 6. The van der Waals surface area contributed by atoms with Crippen molar-refractivity contribution in [3.05, 3.63) is 59.7 Å². The first-order valence-electron chi connectivity index (χ1n) is 10.2. The maximum absolute atomic E-state index is 13.5. The van der Waals surface area contributed by atoms with Gasteiger partial charge >= 0.3 is 0 Å². The molecule has 2 aromatic carbocycles. The second-order valence-corrected chi connectivity index (χ2v) is 7.51. The Balaban J connectivity index is 1.43. The lowest BCUT2D eigenvalue weighted by Crippen LogP contribution is -2.40. The molecule has 1 atom stereocenters. The molecule has 0 spiro atoms. The van der Waals surface area contributed by atoms with Crippen molar-refractivity contribution in [2.24, 2.45) is 0 Å². The van der Waals surface area contributed by atoms with E-state index in [4.69, 9.17) is 14.0 Å². The molecule has 0 N–H and O–H groups in total. The van der Waals surface area contributed by atoms with Crippen molar-refractivity contribution in [1.82, 2.24) is 15.0 Å². The van der Waals surface area contributed by atoms with Crippen LogP contribution in [0.2, 0.25) is 0 Å². The van der Waals surface area contributed by atoms with Crippen molar-refractivity contribution in [2.75, 3.05) is 27.3 Å². The van der Waals surface area contributed by atoms with Gasteiger partial charge in [-0.2, -0.15) is 4.98 Å². The number of carbonyl (C=O) groups is 1. The first kappa shape index (κ1) is 20.8. The molecule has 7 nitrogen and oxygen atoms in total. The highest BCUT2D eigenvalue weighted by Gasteiger charge is 2.28. The normalized spacial score (nSPS) is 16.2. The molecule has 31 heavy (non-hydrogen) atoms. The van der Waals surface area contributed by atoms with Gasteiger partial charge in [-0.1, -0.05) is 17.3 Å². The molecule has 0 bridgehead atoms. The molecule has 3 aromatic rings. The highest BCUT2D eigenvalue weighted by atomic mass is 19.1. The van der Waals surface area contributed by atoms with E-state index < -0.39 is 0 Å². The standard InChI is InChI=1S/C23H24FN3O4/c1-29-19-9-8-15(11-20(19)30-2)12-21(28)27-10-4-6-17(14-27)22-25-23(31-26-22)16-5-3-7-18(24)13-16/h3,5,7-9,11,13,17H,4,6,10,12,14H2,1-2H3/t17-/m1/s1. The smallest absolute Gasteiger partial charge is 0.258 e. The SMILES string of the molecule is COc1ccc(CC(=O)N2CCC[C@@H](c3noc(-c4cccc(F)c4)n3)C2)cc1OC. The molecule has 1 aliphatic heterocycles. The predicted octanol–water partition coefficient (Wildman–Crippen LogP) is 3.84. The Hall–Kier alpha value is -3.42. The Morgan fingerprint density at radius 1 is 1.19 bits per heavy atom. The number of piperidine rings is 1. The lowest BCUT2D eigenvalue weighted by atomic mass is 9.96. The van der Waals surface area contributed by atoms with Crippen molar-refractivity contribution in [2.45, 2.75) is 25.2 Å². The van der Waals surface area contributed by atoms with Gasteiger partial charge in [0.05, 0.1) is 20.6 Å². The zero-order valence-electron chi connectivity index (χ0n) is 17.5. The fourth-order valence-electron chi connectivity index (χ4n) is 3.83. The Kier molecular flexibility index (Phi) is 6.16. The van der Waals surface area contributed by atoms with Crippen molar-refractivity contribution in [1.29, 1.82) is 0 Å². The Morgan fingerprint density at radius 2 is 2.03 bits per heavy atom. The van der Waals surface area contributed by atoms with Gasteiger partial charge in [-0.25, -0.2) is 4.39 Å². The van der Waals surface area contributed by atoms with E-state index in [1.807, 2.05) is 17.0 Å². The summed E-state index contributed by atoms with van der Waals surface area (Å²) >= 11 is 0. The summed E-state index contributed by atoms with van der Waals surface area (Å²) in [4.78, 5) is 19.2. The Morgan fingerprint density at radius 3 is 2.81 bits per heavy atom. The van der Waals surface area contributed by atoms with Gasteiger partial charge in [0.25, 0.3) is 5.89 Å². The number of ether oxygens (including phenoxy) is 2. The van der Waals surface area contributed by atoms with Crippen LogP contribution >= 0.6 is 0 Å². The van der Waals surface area contributed by atoms with Gasteiger partial charge < -0.3 is 18.9 Å². The molecule has 0 radical (unpaired) electrons. The van der Waals surface area contributed by atoms with Crippen LogP contribution in [0.5, 0.6) is 11.5 Å². The van der Waals surface area contributed by atoms with Gasteiger partial charge in [-0.05, 0) is 48.7 Å². The van der Waals surface area contributed by atoms with E-state index in [1.165, 1.54) is 12.1 Å². The maximum atomic E-state index is 13.5. The van der Waals surface area contributed by atoms with E-state index in [1.54, 1.807) is 32.4 Å². The van der Waals surface area contributed by atoms with E-state index in [0.717, 1.165) is 18.4 Å². The number of hydrogen-bond donors (Lipinski definition) is 0. The minimum atomic E-state index is -0.359. The first-order chi connectivity index (χ1) is 15.1. The molecule has 1 amide bonds. The van der Waals surface area contributed by atoms with Crippen molar-refractivity contribution in [3.8, 4) is 23.0 Å². The summed E-state index contributed by atoms with van der Waals surface area (Å²) in [6, 6.07) is 11.5. The number of amides is 1. The number of nitrogens with zero attached hydrogens (tertiary/aromatic N) is 3. The monoisotopic (exact) mass is 425 g/mol. The number of carbonyl (C=O) groups excluding carboxylic acids is 1. The maximum Gasteiger partial charge on any atom is 0.258 e. The van der Waals surface area contributed by atoms with Crippen molar-refractivity contribution >= 4 is 5.91 Å². The van der Waals surface area contributed by atoms with E-state index in [0.29, 0.717) is 36.0 Å². The van der Waals surface area contributed by atoms with Crippen LogP contribution < -0.4 is 9.47 Å². The molecule has 1 aliphatic rings. The Bertz CT molecular complexity index is 1070. The van der Waals surface area contributed by atoms with E-state index in [2.05, 4.69) is 10.1 Å². The van der Waals surface area contributed by atoms with Crippen molar-refractivity contribution in [3.63, 3.8) is 0 Å². The highest BCUT2D eigenvalue weighted by molar-refractivity contribution is 5.79. The molecular formula is C23H24FN3O4. The van der Waals surface area contributed by atoms with Crippen LogP contribution in [-0.2, 0) is 11.2 Å². The van der Waals surface area contributed by atoms with E-state index in [9.17, 15) is 9.18 Å². The molecule has 1 saturated heterocycles. The molecule has 1 fully saturated rings. The van der Waals surface area contributed by atoms with Crippen LogP contribution in [0.3, 0.4) is 0 Å². The average molecular weight is 425 g/mol. The van der Waals surface area contributed by atoms with Gasteiger partial charge in [0.2, 0.25) is 5.91 Å².